The number of fused-ring (bicyclic) bond motifs is 1. The van der Waals surface area contributed by atoms with Gasteiger partial charge in [-0.25, -0.2) is 4.79 Å². The second-order valence-electron chi connectivity index (χ2n) is 9.09. The number of carbonyl (C=O) groups excluding carboxylic acids is 4. The predicted molar refractivity (Wildman–Crippen MR) is 153 cm³/mol. The molecule has 0 spiro atoms. The lowest BCUT2D eigenvalue weighted by molar-refractivity contribution is -0.153. The van der Waals surface area contributed by atoms with E-state index in [1.165, 1.54) is 59.1 Å². The van der Waals surface area contributed by atoms with Crippen LogP contribution in [0.2, 0.25) is 0 Å². The third-order valence-electron chi connectivity index (χ3n) is 6.46. The number of amides is 2. The molecule has 0 radical (unpaired) electrons. The molecule has 0 bridgehead atoms. The summed E-state index contributed by atoms with van der Waals surface area (Å²) in [6, 6.07) is 21.5. The lowest BCUT2D eigenvalue weighted by Gasteiger charge is -2.52. The van der Waals surface area contributed by atoms with E-state index in [1.807, 2.05) is 72.1 Å². The zero-order valence-electron chi connectivity index (χ0n) is 21.8. The maximum atomic E-state index is 13.9. The zero-order chi connectivity index (χ0) is 28.2. The Balaban J connectivity index is 1.51. The number of β-lactam (4-membered cyclic amide) rings is 1. The third-order valence-corrected chi connectivity index (χ3v) is 8.61. The fourth-order valence-corrected chi connectivity index (χ4v) is 6.87. The Morgan fingerprint density at radius 2 is 1.62 bits per heavy atom. The molecule has 0 N–H and O–H groups in total. The molecule has 3 aromatic rings. The van der Waals surface area contributed by atoms with Crippen LogP contribution in [0.5, 0.6) is 0 Å². The van der Waals surface area contributed by atoms with E-state index >= 15 is 0 Å². The largest absolute Gasteiger partial charge is 0.448 e. The van der Waals surface area contributed by atoms with E-state index in [0.717, 1.165) is 11.1 Å². The van der Waals surface area contributed by atoms with Crippen LogP contribution in [-0.4, -0.2) is 45.8 Å². The van der Waals surface area contributed by atoms with Crippen LogP contribution in [0, 0.1) is 0 Å². The van der Waals surface area contributed by atoms with Crippen LogP contribution in [0.1, 0.15) is 31.1 Å². The predicted octanol–water partition coefficient (Wildman–Crippen LogP) is 5.05. The number of allylic oxidation sites excluding steroid dienone is 1. The van der Waals surface area contributed by atoms with Crippen LogP contribution in [-0.2, 0) is 28.7 Å². The highest BCUT2D eigenvalue weighted by Crippen LogP contribution is 2.45. The highest BCUT2D eigenvalue weighted by Gasteiger charge is 2.57. The molecule has 1 aromatic heterocycles. The molecule has 8 nitrogen and oxygen atoms in total. The molecule has 2 aromatic carbocycles. The molecule has 0 saturated carbocycles. The summed E-state index contributed by atoms with van der Waals surface area (Å²) in [6.45, 7) is 2.69. The van der Waals surface area contributed by atoms with Gasteiger partial charge in [0.2, 0.25) is 5.91 Å². The third kappa shape index (κ3) is 5.45. The number of nitrogens with zero attached hydrogens (tertiary/aromatic N) is 2. The van der Waals surface area contributed by atoms with Crippen LogP contribution in [0.15, 0.2) is 102 Å². The molecule has 2 amide bonds. The molecule has 5 rings (SSSR count). The van der Waals surface area contributed by atoms with E-state index in [1.54, 1.807) is 6.07 Å². The summed E-state index contributed by atoms with van der Waals surface area (Å²) < 4.78 is 11.1. The quantitative estimate of drug-likeness (QED) is 0.211. The topological polar surface area (TPSA) is 93.2 Å². The minimum absolute atomic E-state index is 0.0694. The van der Waals surface area contributed by atoms with Gasteiger partial charge in [0.05, 0.1) is 11.3 Å². The van der Waals surface area contributed by atoms with Crippen molar-refractivity contribution < 1.29 is 28.7 Å². The summed E-state index contributed by atoms with van der Waals surface area (Å²) in [4.78, 5) is 54.5. The first-order valence-electron chi connectivity index (χ1n) is 12.5. The molecule has 2 atom stereocenters. The minimum Gasteiger partial charge on any atom is -0.448 e. The van der Waals surface area contributed by atoms with Crippen molar-refractivity contribution in [2.75, 3.05) is 10.7 Å². The summed E-state index contributed by atoms with van der Waals surface area (Å²) in [5.41, 5.74) is 2.09. The smallest absolute Gasteiger partial charge is 0.356 e. The molecule has 10 heteroatoms. The maximum Gasteiger partial charge on any atom is 0.356 e. The van der Waals surface area contributed by atoms with Gasteiger partial charge in [-0.1, -0.05) is 60.7 Å². The van der Waals surface area contributed by atoms with Gasteiger partial charge < -0.3 is 9.47 Å². The fourth-order valence-electron chi connectivity index (χ4n) is 4.70. The summed E-state index contributed by atoms with van der Waals surface area (Å²) in [6.07, 6.45) is 1.98. The molecule has 2 aliphatic rings. The van der Waals surface area contributed by atoms with Crippen molar-refractivity contribution in [3.8, 4) is 0 Å². The number of thiophene rings is 1. The molecule has 40 heavy (non-hydrogen) atoms. The number of hydrogen-bond acceptors (Lipinski definition) is 8. The van der Waals surface area contributed by atoms with Gasteiger partial charge in [0.15, 0.2) is 6.10 Å². The fraction of sp³-hybridized carbons (Fsp3) is 0.200. The monoisotopic (exact) mass is 574 g/mol. The van der Waals surface area contributed by atoms with Gasteiger partial charge in [0.1, 0.15) is 17.1 Å². The standard InChI is InChI=1S/C30H26N2O6S2/c1-19(33)31(24-14-9-17-39-24)26-28(35)32-25(23(18-40-29(26)32)15-16-37-20(2)34)30(36)38-27(21-10-5-3-6-11-21)22-12-7-4-8-13-22/h3-17,26-27,29H,18H2,1-2H3. The average Bonchev–Trinajstić information content (AvgIpc) is 3.49. The molecular weight excluding hydrogens is 548 g/mol. The lowest BCUT2D eigenvalue weighted by atomic mass is 10.00. The van der Waals surface area contributed by atoms with Crippen LogP contribution in [0.4, 0.5) is 5.00 Å². The summed E-state index contributed by atoms with van der Waals surface area (Å²) >= 11 is 2.79. The van der Waals surface area contributed by atoms with Crippen LogP contribution >= 0.6 is 23.1 Å². The van der Waals surface area contributed by atoms with E-state index in [2.05, 4.69) is 0 Å². The second kappa shape index (κ2) is 11.9. The first-order valence-corrected chi connectivity index (χ1v) is 14.5. The van der Waals surface area contributed by atoms with Crippen molar-refractivity contribution in [1.29, 1.82) is 0 Å². The van der Waals surface area contributed by atoms with E-state index < -0.39 is 29.5 Å². The molecule has 3 heterocycles. The Hall–Kier alpha value is -4.15. The highest BCUT2D eigenvalue weighted by molar-refractivity contribution is 8.00. The summed E-state index contributed by atoms with van der Waals surface area (Å²) in [5, 5.41) is 2.01. The number of thioether (sulfide) groups is 1. The summed E-state index contributed by atoms with van der Waals surface area (Å²) in [5.74, 6) is -1.51. The highest BCUT2D eigenvalue weighted by atomic mass is 32.2. The Labute approximate surface area is 239 Å². The molecule has 2 aliphatic heterocycles. The van der Waals surface area contributed by atoms with E-state index in [0.29, 0.717) is 16.3 Å². The average molecular weight is 575 g/mol. The van der Waals surface area contributed by atoms with Crippen molar-refractivity contribution in [2.45, 2.75) is 31.4 Å². The number of hydrogen-bond donors (Lipinski definition) is 0. The van der Waals surface area contributed by atoms with Crippen molar-refractivity contribution in [2.24, 2.45) is 0 Å². The van der Waals surface area contributed by atoms with Gasteiger partial charge in [-0.15, -0.1) is 23.1 Å². The Kier molecular flexibility index (Phi) is 8.18. The van der Waals surface area contributed by atoms with Gasteiger partial charge in [0.25, 0.3) is 5.91 Å². The van der Waals surface area contributed by atoms with Crippen LogP contribution in [0.25, 0.3) is 0 Å². The first kappa shape index (κ1) is 27.4. The first-order chi connectivity index (χ1) is 19.4. The second-order valence-corrected chi connectivity index (χ2v) is 11.1. The van der Waals surface area contributed by atoms with Crippen LogP contribution in [0.3, 0.4) is 0 Å². The van der Waals surface area contributed by atoms with Gasteiger partial charge in [0, 0.05) is 19.6 Å². The molecule has 2 unspecified atom stereocenters. The number of benzene rings is 2. The molecular formula is C30H26N2O6S2. The number of carbonyl (C=O) groups is 4. The van der Waals surface area contributed by atoms with Gasteiger partial charge in [-0.05, 0) is 40.3 Å². The Morgan fingerprint density at radius 1 is 0.975 bits per heavy atom. The van der Waals surface area contributed by atoms with Gasteiger partial charge >= 0.3 is 11.9 Å². The molecule has 1 saturated heterocycles. The van der Waals surface area contributed by atoms with E-state index in [9.17, 15) is 19.2 Å². The minimum atomic E-state index is -0.762. The number of rotatable bonds is 8. The Bertz CT molecular complexity index is 1430. The normalized spacial score (nSPS) is 18.4. The van der Waals surface area contributed by atoms with Crippen LogP contribution < -0.4 is 4.90 Å². The number of anilines is 1. The van der Waals surface area contributed by atoms with Crippen molar-refractivity contribution in [3.63, 3.8) is 0 Å². The van der Waals surface area contributed by atoms with E-state index in [4.69, 9.17) is 9.47 Å². The maximum absolute atomic E-state index is 13.9. The van der Waals surface area contributed by atoms with Gasteiger partial charge in [-0.3, -0.25) is 24.2 Å². The van der Waals surface area contributed by atoms with Crippen molar-refractivity contribution >= 4 is 51.9 Å². The number of esters is 2. The van der Waals surface area contributed by atoms with E-state index in [-0.39, 0.29) is 17.5 Å². The molecule has 204 valence electrons. The van der Waals surface area contributed by atoms with Gasteiger partial charge in [-0.2, -0.15) is 0 Å². The lowest BCUT2D eigenvalue weighted by Crippen LogP contribution is -2.71. The number of ether oxygens (including phenoxy) is 2. The zero-order valence-corrected chi connectivity index (χ0v) is 23.4. The Morgan fingerprint density at radius 3 is 2.17 bits per heavy atom. The molecule has 1 fully saturated rings. The van der Waals surface area contributed by atoms with Crippen molar-refractivity contribution in [3.05, 3.63) is 113 Å². The summed E-state index contributed by atoms with van der Waals surface area (Å²) in [7, 11) is 0. The molecule has 0 aliphatic carbocycles. The SMILES string of the molecule is CC(=O)OC=CC1=C(C(=O)OC(c2ccccc2)c2ccccc2)N2C(=O)C(N(C(C)=O)c3cccs3)C2SC1. The van der Waals surface area contributed by atoms with Crippen molar-refractivity contribution in [1.82, 2.24) is 4.90 Å².